The van der Waals surface area contributed by atoms with Crippen molar-refractivity contribution in [2.45, 2.75) is 20.8 Å². The van der Waals surface area contributed by atoms with E-state index in [0.717, 1.165) is 6.54 Å². The lowest BCUT2D eigenvalue weighted by molar-refractivity contribution is -0.446. The average Bonchev–Trinajstić information content (AvgIpc) is 1.89. The second-order valence-corrected chi connectivity index (χ2v) is 2.14. The van der Waals surface area contributed by atoms with Crippen LogP contribution in [-0.4, -0.2) is 12.8 Å². The Hall–Kier alpha value is -0.850. The van der Waals surface area contributed by atoms with E-state index in [-0.39, 0.29) is 0 Å². The summed E-state index contributed by atoms with van der Waals surface area (Å²) in [4.78, 5) is 3.10. The van der Waals surface area contributed by atoms with Crippen molar-refractivity contribution in [1.82, 2.24) is 0 Å². The second-order valence-electron chi connectivity index (χ2n) is 2.14. The largest absolute Gasteiger partial charge is 0.248 e. The highest BCUT2D eigenvalue weighted by Crippen LogP contribution is 1.90. The minimum absolute atomic E-state index is 0.986. The predicted molar refractivity (Wildman–Crippen MR) is 46.1 cm³/mol. The molecule has 10 heavy (non-hydrogen) atoms. The minimum atomic E-state index is 0.986. The highest BCUT2D eigenvalue weighted by molar-refractivity contribution is 5.67. The molecule has 0 radical (unpaired) electrons. The first-order valence-electron chi connectivity index (χ1n) is 3.67. The van der Waals surface area contributed by atoms with Gasteiger partial charge in [0.2, 0.25) is 0 Å². The molecule has 0 aromatic carbocycles. The van der Waals surface area contributed by atoms with E-state index in [1.807, 2.05) is 19.2 Å². The molecule has 0 aromatic rings. The summed E-state index contributed by atoms with van der Waals surface area (Å²) in [5.74, 6) is 0. The van der Waals surface area contributed by atoms with Crippen LogP contribution in [0.2, 0.25) is 0 Å². The number of hydrogen-bond donors (Lipinski definition) is 1. The van der Waals surface area contributed by atoms with Crippen molar-refractivity contribution >= 4 is 6.21 Å². The van der Waals surface area contributed by atoms with Gasteiger partial charge in [0.05, 0.1) is 0 Å². The molecule has 56 valence electrons. The molecule has 0 fully saturated rings. The number of allylic oxidation sites excluding steroid dienone is 4. The van der Waals surface area contributed by atoms with Gasteiger partial charge in [-0.2, -0.15) is 0 Å². The molecule has 0 aliphatic rings. The minimum Gasteiger partial charge on any atom is -0.248 e. The first kappa shape index (κ1) is 9.15. The maximum Gasteiger partial charge on any atom is 0.161 e. The van der Waals surface area contributed by atoms with Crippen LogP contribution in [0.3, 0.4) is 0 Å². The van der Waals surface area contributed by atoms with Crippen molar-refractivity contribution in [1.29, 1.82) is 0 Å². The molecule has 0 unspecified atom stereocenters. The summed E-state index contributed by atoms with van der Waals surface area (Å²) in [6, 6.07) is 0. The molecule has 0 aliphatic carbocycles. The van der Waals surface area contributed by atoms with Crippen molar-refractivity contribution < 1.29 is 4.99 Å². The molecule has 0 saturated heterocycles. The van der Waals surface area contributed by atoms with Gasteiger partial charge in [0.15, 0.2) is 6.21 Å². The van der Waals surface area contributed by atoms with Crippen molar-refractivity contribution in [2.75, 3.05) is 6.54 Å². The van der Waals surface area contributed by atoms with Crippen LogP contribution in [0.5, 0.6) is 0 Å². The van der Waals surface area contributed by atoms with Gasteiger partial charge >= 0.3 is 0 Å². The summed E-state index contributed by atoms with van der Waals surface area (Å²) in [7, 11) is 0. The van der Waals surface area contributed by atoms with Gasteiger partial charge in [-0.05, 0) is 26.3 Å². The van der Waals surface area contributed by atoms with Crippen LogP contribution in [0.25, 0.3) is 0 Å². The Morgan fingerprint density at radius 3 is 2.70 bits per heavy atom. The van der Waals surface area contributed by atoms with Gasteiger partial charge < -0.3 is 0 Å². The lowest BCUT2D eigenvalue weighted by Gasteiger charge is -1.82. The van der Waals surface area contributed by atoms with Crippen molar-refractivity contribution in [3.05, 3.63) is 23.8 Å². The van der Waals surface area contributed by atoms with Gasteiger partial charge in [0.25, 0.3) is 0 Å². The third-order valence-corrected chi connectivity index (χ3v) is 1.10. The normalized spacial score (nSPS) is 13.7. The van der Waals surface area contributed by atoms with Crippen LogP contribution in [0.15, 0.2) is 23.8 Å². The van der Waals surface area contributed by atoms with Crippen LogP contribution in [0, 0.1) is 0 Å². The molecule has 0 atom stereocenters. The number of nitrogens with one attached hydrogen (secondary N) is 1. The molecule has 0 spiro atoms. The zero-order valence-electron chi connectivity index (χ0n) is 7.02. The highest BCUT2D eigenvalue weighted by Gasteiger charge is 1.77. The number of hydrogen-bond acceptors (Lipinski definition) is 0. The van der Waals surface area contributed by atoms with Crippen LogP contribution in [-0.2, 0) is 0 Å². The Morgan fingerprint density at radius 2 is 2.20 bits per heavy atom. The van der Waals surface area contributed by atoms with Crippen LogP contribution < -0.4 is 4.99 Å². The van der Waals surface area contributed by atoms with Crippen molar-refractivity contribution in [3.63, 3.8) is 0 Å². The molecule has 0 aromatic heterocycles. The fraction of sp³-hybridized carbons (Fsp3) is 0.444. The molecular weight excluding hydrogens is 122 g/mol. The van der Waals surface area contributed by atoms with Gasteiger partial charge in [-0.25, -0.2) is 4.99 Å². The lowest BCUT2D eigenvalue weighted by Crippen LogP contribution is -2.67. The van der Waals surface area contributed by atoms with Crippen LogP contribution >= 0.6 is 0 Å². The molecule has 1 nitrogen and oxygen atoms in total. The lowest BCUT2D eigenvalue weighted by atomic mass is 10.3. The zero-order chi connectivity index (χ0) is 7.82. The fourth-order valence-corrected chi connectivity index (χ4v) is 0.627. The smallest absolute Gasteiger partial charge is 0.161 e. The predicted octanol–water partition coefficient (Wildman–Crippen LogP) is 0.680. The molecule has 0 aliphatic heterocycles. The Balaban J connectivity index is 3.79. The Morgan fingerprint density at radius 1 is 1.50 bits per heavy atom. The molecule has 0 bridgehead atoms. The summed E-state index contributed by atoms with van der Waals surface area (Å²) in [6.07, 6.45) is 8.14. The van der Waals surface area contributed by atoms with E-state index in [1.54, 1.807) is 0 Å². The number of rotatable bonds is 3. The third kappa shape index (κ3) is 5.29. The standard InChI is InChI=1S/C9H15N/c1-4-6-9(3)7-8-10-5-2/h4,6-8H,5H2,1-3H3/p+1/b6-4-,9-7-,10-8?. The molecular formula is C9H16N+. The van der Waals surface area contributed by atoms with E-state index in [0.29, 0.717) is 0 Å². The van der Waals surface area contributed by atoms with Gasteiger partial charge in [0.1, 0.15) is 6.54 Å². The first-order chi connectivity index (χ1) is 4.81. The van der Waals surface area contributed by atoms with Gasteiger partial charge in [-0.1, -0.05) is 12.2 Å². The summed E-state index contributed by atoms with van der Waals surface area (Å²) in [6.45, 7) is 7.16. The topological polar surface area (TPSA) is 14.0 Å². The van der Waals surface area contributed by atoms with Gasteiger partial charge in [-0.15, -0.1) is 0 Å². The van der Waals surface area contributed by atoms with E-state index in [9.17, 15) is 0 Å². The molecule has 0 heterocycles. The van der Waals surface area contributed by atoms with Crippen LogP contribution in [0.1, 0.15) is 20.8 Å². The van der Waals surface area contributed by atoms with E-state index in [4.69, 9.17) is 0 Å². The maximum absolute atomic E-state index is 3.10. The summed E-state index contributed by atoms with van der Waals surface area (Å²) in [5, 5.41) is 0. The van der Waals surface area contributed by atoms with Gasteiger partial charge in [0, 0.05) is 6.08 Å². The van der Waals surface area contributed by atoms with E-state index in [2.05, 4.69) is 31.0 Å². The van der Waals surface area contributed by atoms with E-state index < -0.39 is 0 Å². The van der Waals surface area contributed by atoms with E-state index in [1.165, 1.54) is 5.57 Å². The second kappa shape index (κ2) is 6.27. The zero-order valence-corrected chi connectivity index (χ0v) is 7.02. The molecule has 0 rings (SSSR count). The Bertz CT molecular complexity index is 152. The van der Waals surface area contributed by atoms with Crippen LogP contribution in [0.4, 0.5) is 0 Å². The highest BCUT2D eigenvalue weighted by atomic mass is 14.7. The third-order valence-electron chi connectivity index (χ3n) is 1.10. The molecule has 0 saturated carbocycles. The summed E-state index contributed by atoms with van der Waals surface area (Å²) in [5.41, 5.74) is 1.27. The first-order valence-corrected chi connectivity index (χ1v) is 3.67. The Kier molecular flexibility index (Phi) is 5.74. The molecule has 0 amide bonds. The summed E-state index contributed by atoms with van der Waals surface area (Å²) >= 11 is 0. The van der Waals surface area contributed by atoms with Crippen molar-refractivity contribution in [3.8, 4) is 0 Å². The molecule has 1 N–H and O–H groups in total. The monoisotopic (exact) mass is 138 g/mol. The Labute approximate surface area is 63.2 Å². The quantitative estimate of drug-likeness (QED) is 0.435. The SMILES string of the molecule is C/C=C\C(C)=C/C=[NH+]CC. The molecule has 1 heteroatoms. The maximum atomic E-state index is 3.10. The fourth-order valence-electron chi connectivity index (χ4n) is 0.627. The summed E-state index contributed by atoms with van der Waals surface area (Å²) < 4.78 is 0. The van der Waals surface area contributed by atoms with Crippen molar-refractivity contribution in [2.24, 2.45) is 0 Å². The average molecular weight is 138 g/mol. The van der Waals surface area contributed by atoms with E-state index >= 15 is 0 Å². The van der Waals surface area contributed by atoms with Gasteiger partial charge in [-0.3, -0.25) is 0 Å².